The number of para-hydroxylation sites is 1. The van der Waals surface area contributed by atoms with Crippen molar-refractivity contribution in [2.24, 2.45) is 4.99 Å². The van der Waals surface area contributed by atoms with E-state index in [4.69, 9.17) is 9.47 Å². The van der Waals surface area contributed by atoms with Crippen LogP contribution in [0.1, 0.15) is 0 Å². The Morgan fingerprint density at radius 3 is 2.12 bits per heavy atom. The van der Waals surface area contributed by atoms with E-state index in [1.54, 1.807) is 19.2 Å². The second-order valence-electron chi connectivity index (χ2n) is 4.89. The number of guanidine groups is 1. The highest BCUT2D eigenvalue weighted by molar-refractivity contribution is 14.0. The maximum Gasteiger partial charge on any atom is 0.191 e. The molecule has 2 N–H and O–H groups in total. The van der Waals surface area contributed by atoms with Gasteiger partial charge in [-0.05, 0) is 24.3 Å². The molecule has 7 heteroatoms. The molecule has 0 saturated heterocycles. The van der Waals surface area contributed by atoms with Crippen molar-refractivity contribution >= 4 is 29.9 Å². The van der Waals surface area contributed by atoms with Crippen LogP contribution in [0.25, 0.3) is 0 Å². The molecule has 0 fully saturated rings. The highest BCUT2D eigenvalue weighted by atomic mass is 127. The summed E-state index contributed by atoms with van der Waals surface area (Å²) in [6, 6.07) is 15.7. The van der Waals surface area contributed by atoms with Gasteiger partial charge in [-0.15, -0.1) is 24.0 Å². The third-order valence-electron chi connectivity index (χ3n) is 3.09. The maximum absolute atomic E-state index is 13.0. The van der Waals surface area contributed by atoms with Crippen molar-refractivity contribution in [2.75, 3.05) is 33.4 Å². The first-order valence-corrected chi connectivity index (χ1v) is 7.78. The quantitative estimate of drug-likeness (QED) is 0.276. The fourth-order valence-corrected chi connectivity index (χ4v) is 1.97. The van der Waals surface area contributed by atoms with Gasteiger partial charge in [0.05, 0.1) is 13.1 Å². The Kier molecular flexibility index (Phi) is 10.4. The largest absolute Gasteiger partial charge is 0.492 e. The van der Waals surface area contributed by atoms with Crippen molar-refractivity contribution in [3.63, 3.8) is 0 Å². The van der Waals surface area contributed by atoms with E-state index in [0.29, 0.717) is 38.0 Å². The normalized spacial score (nSPS) is 10.6. The minimum atomic E-state index is -0.309. The summed E-state index contributed by atoms with van der Waals surface area (Å²) >= 11 is 0. The first-order chi connectivity index (χ1) is 11.8. The zero-order valence-electron chi connectivity index (χ0n) is 14.1. The molecule has 0 radical (unpaired) electrons. The lowest BCUT2D eigenvalue weighted by Crippen LogP contribution is -2.40. The second-order valence-corrected chi connectivity index (χ2v) is 4.89. The number of halogens is 2. The van der Waals surface area contributed by atoms with Crippen molar-refractivity contribution in [3.05, 3.63) is 60.4 Å². The molecule has 0 atom stereocenters. The molecule has 0 saturated carbocycles. The zero-order valence-corrected chi connectivity index (χ0v) is 16.4. The van der Waals surface area contributed by atoms with Crippen molar-refractivity contribution in [1.29, 1.82) is 0 Å². The summed E-state index contributed by atoms with van der Waals surface area (Å²) in [5, 5.41) is 6.26. The standard InChI is InChI=1S/C18H22FN3O2.HI/c1-20-18(21-10-12-23-16-7-3-2-4-8-16)22-11-13-24-17-9-5-6-15(19)14-17;/h2-9,14H,10-13H2,1H3,(H2,20,21,22);1H. The number of ether oxygens (including phenoxy) is 2. The summed E-state index contributed by atoms with van der Waals surface area (Å²) in [4.78, 5) is 4.11. The number of nitrogens with zero attached hydrogens (tertiary/aromatic N) is 1. The van der Waals surface area contributed by atoms with Crippen molar-refractivity contribution in [1.82, 2.24) is 10.6 Å². The van der Waals surface area contributed by atoms with Gasteiger partial charge < -0.3 is 20.1 Å². The smallest absolute Gasteiger partial charge is 0.191 e. The van der Waals surface area contributed by atoms with Crippen LogP contribution in [0.15, 0.2) is 59.6 Å². The minimum Gasteiger partial charge on any atom is -0.492 e. The maximum atomic E-state index is 13.0. The van der Waals surface area contributed by atoms with Crippen LogP contribution in [-0.4, -0.2) is 39.3 Å². The lowest BCUT2D eigenvalue weighted by molar-refractivity contribution is 0.316. The Morgan fingerprint density at radius 2 is 1.52 bits per heavy atom. The number of benzene rings is 2. The highest BCUT2D eigenvalue weighted by Gasteiger charge is 1.99. The molecule has 0 aliphatic rings. The highest BCUT2D eigenvalue weighted by Crippen LogP contribution is 2.11. The minimum absolute atomic E-state index is 0. The van der Waals surface area contributed by atoms with Crippen LogP contribution < -0.4 is 20.1 Å². The topological polar surface area (TPSA) is 54.9 Å². The third-order valence-corrected chi connectivity index (χ3v) is 3.09. The molecule has 0 unspecified atom stereocenters. The Balaban J connectivity index is 0.00000312. The van der Waals surface area contributed by atoms with E-state index in [1.165, 1.54) is 12.1 Å². The van der Waals surface area contributed by atoms with Crippen molar-refractivity contribution < 1.29 is 13.9 Å². The predicted molar refractivity (Wildman–Crippen MR) is 109 cm³/mol. The summed E-state index contributed by atoms with van der Waals surface area (Å²) in [7, 11) is 1.70. The van der Waals surface area contributed by atoms with Gasteiger partial charge in [-0.2, -0.15) is 0 Å². The zero-order chi connectivity index (χ0) is 17.0. The summed E-state index contributed by atoms with van der Waals surface area (Å²) < 4.78 is 24.1. The Bertz CT molecular complexity index is 641. The molecule has 0 aromatic heterocycles. The Hall–Kier alpha value is -2.03. The summed E-state index contributed by atoms with van der Waals surface area (Å²) in [5.41, 5.74) is 0. The summed E-state index contributed by atoms with van der Waals surface area (Å²) in [6.45, 7) is 2.12. The average molecular weight is 459 g/mol. The van der Waals surface area contributed by atoms with Crippen LogP contribution in [0.4, 0.5) is 4.39 Å². The monoisotopic (exact) mass is 459 g/mol. The average Bonchev–Trinajstić information content (AvgIpc) is 2.61. The molecule has 0 aliphatic carbocycles. The molecule has 136 valence electrons. The molecule has 0 spiro atoms. The van der Waals surface area contributed by atoms with E-state index in [1.807, 2.05) is 30.3 Å². The van der Waals surface area contributed by atoms with Gasteiger partial charge in [-0.1, -0.05) is 24.3 Å². The van der Waals surface area contributed by atoms with E-state index < -0.39 is 0 Å². The molecule has 0 amide bonds. The van der Waals surface area contributed by atoms with Gasteiger partial charge in [0.1, 0.15) is 30.5 Å². The number of rotatable bonds is 8. The van der Waals surface area contributed by atoms with Gasteiger partial charge in [-0.25, -0.2) is 4.39 Å². The molecular weight excluding hydrogens is 436 g/mol. The van der Waals surface area contributed by atoms with Gasteiger partial charge in [-0.3, -0.25) is 4.99 Å². The number of hydrogen-bond donors (Lipinski definition) is 2. The first-order valence-electron chi connectivity index (χ1n) is 7.78. The molecule has 2 aromatic carbocycles. The number of nitrogens with one attached hydrogen (secondary N) is 2. The second kappa shape index (κ2) is 12.3. The fraction of sp³-hybridized carbons (Fsp3) is 0.278. The molecule has 5 nitrogen and oxygen atoms in total. The third kappa shape index (κ3) is 8.57. The SMILES string of the molecule is CN=C(NCCOc1ccccc1)NCCOc1cccc(F)c1.I. The molecule has 25 heavy (non-hydrogen) atoms. The van der Waals surface area contributed by atoms with E-state index in [2.05, 4.69) is 15.6 Å². The van der Waals surface area contributed by atoms with E-state index in [-0.39, 0.29) is 29.8 Å². The van der Waals surface area contributed by atoms with Crippen LogP contribution in [0, 0.1) is 5.82 Å². The lowest BCUT2D eigenvalue weighted by atomic mass is 10.3. The van der Waals surface area contributed by atoms with Crippen LogP contribution in [0.5, 0.6) is 11.5 Å². The first kappa shape index (κ1) is 21.0. The Morgan fingerprint density at radius 1 is 0.920 bits per heavy atom. The van der Waals surface area contributed by atoms with Crippen molar-refractivity contribution in [3.8, 4) is 11.5 Å². The van der Waals surface area contributed by atoms with Gasteiger partial charge in [0, 0.05) is 13.1 Å². The summed E-state index contributed by atoms with van der Waals surface area (Å²) in [6.07, 6.45) is 0. The Labute approximate surface area is 164 Å². The van der Waals surface area contributed by atoms with Gasteiger partial charge in [0.25, 0.3) is 0 Å². The van der Waals surface area contributed by atoms with E-state index >= 15 is 0 Å². The van der Waals surface area contributed by atoms with Crippen LogP contribution in [0.3, 0.4) is 0 Å². The van der Waals surface area contributed by atoms with E-state index in [0.717, 1.165) is 5.75 Å². The summed E-state index contributed by atoms with van der Waals surface area (Å²) in [5.74, 6) is 1.70. The van der Waals surface area contributed by atoms with Gasteiger partial charge >= 0.3 is 0 Å². The number of aliphatic imine (C=N–C) groups is 1. The van der Waals surface area contributed by atoms with E-state index in [9.17, 15) is 4.39 Å². The van der Waals surface area contributed by atoms with Crippen LogP contribution >= 0.6 is 24.0 Å². The van der Waals surface area contributed by atoms with Gasteiger partial charge in [0.2, 0.25) is 0 Å². The molecule has 2 aromatic rings. The molecule has 2 rings (SSSR count). The van der Waals surface area contributed by atoms with Gasteiger partial charge in [0.15, 0.2) is 5.96 Å². The van der Waals surface area contributed by atoms with Crippen molar-refractivity contribution in [2.45, 2.75) is 0 Å². The molecule has 0 bridgehead atoms. The lowest BCUT2D eigenvalue weighted by Gasteiger charge is -2.13. The predicted octanol–water partition coefficient (Wildman–Crippen LogP) is 3.07. The van der Waals surface area contributed by atoms with Crippen LogP contribution in [0.2, 0.25) is 0 Å². The fourth-order valence-electron chi connectivity index (χ4n) is 1.97. The molecular formula is C18H23FIN3O2. The molecule has 0 heterocycles. The number of hydrogen-bond acceptors (Lipinski definition) is 3. The van der Waals surface area contributed by atoms with Crippen LogP contribution in [-0.2, 0) is 0 Å². The molecule has 0 aliphatic heterocycles.